The summed E-state index contributed by atoms with van der Waals surface area (Å²) in [5, 5.41) is 0. The fraction of sp³-hybridized carbons (Fsp3) is 0.429. The number of halogens is 1. The van der Waals surface area contributed by atoms with Gasteiger partial charge in [0.15, 0.2) is 5.96 Å². The summed E-state index contributed by atoms with van der Waals surface area (Å²) in [7, 11) is 0. The van der Waals surface area contributed by atoms with Crippen LogP contribution in [0.1, 0.15) is 17.7 Å². The zero-order valence-electron chi connectivity index (χ0n) is 11.5. The second-order valence-electron chi connectivity index (χ2n) is 5.13. The lowest BCUT2D eigenvalue weighted by atomic mass is 10.2. The summed E-state index contributed by atoms with van der Waals surface area (Å²) < 4.78 is 3.11. The molecular formula is C14H18BrN5. The third kappa shape index (κ3) is 2.65. The van der Waals surface area contributed by atoms with Crippen LogP contribution in [0.3, 0.4) is 0 Å². The fourth-order valence-corrected chi connectivity index (χ4v) is 2.89. The molecule has 3 rings (SSSR count). The third-order valence-electron chi connectivity index (χ3n) is 3.57. The van der Waals surface area contributed by atoms with Gasteiger partial charge in [0, 0.05) is 42.9 Å². The molecular weight excluding hydrogens is 318 g/mol. The Balaban J connectivity index is 1.70. The molecule has 106 valence electrons. The molecule has 0 bridgehead atoms. The van der Waals surface area contributed by atoms with Gasteiger partial charge in [0.1, 0.15) is 5.65 Å². The lowest BCUT2D eigenvalue weighted by Gasteiger charge is -2.31. The van der Waals surface area contributed by atoms with Gasteiger partial charge in [0.2, 0.25) is 0 Å². The van der Waals surface area contributed by atoms with Crippen molar-refractivity contribution < 1.29 is 0 Å². The Kier molecular flexibility index (Phi) is 3.65. The van der Waals surface area contributed by atoms with E-state index in [0.717, 1.165) is 40.9 Å². The predicted octanol–water partition coefficient (Wildman–Crippen LogP) is 1.97. The minimum absolute atomic E-state index is 0.666. The standard InChI is InChI=1S/C14H18BrN5/c1-10-7-11(15)8-20-9-12(18-13(10)20)3-4-17-14(16)19-5-2-6-19/h7-9H,2-6H2,1H3,(H2,16,17). The van der Waals surface area contributed by atoms with E-state index in [9.17, 15) is 0 Å². The highest BCUT2D eigenvalue weighted by molar-refractivity contribution is 9.10. The lowest BCUT2D eigenvalue weighted by Crippen LogP contribution is -2.46. The molecule has 6 heteroatoms. The molecule has 1 saturated heterocycles. The number of rotatable bonds is 3. The number of aromatic nitrogens is 2. The second-order valence-corrected chi connectivity index (χ2v) is 6.05. The zero-order valence-corrected chi connectivity index (χ0v) is 13.1. The Labute approximate surface area is 126 Å². The van der Waals surface area contributed by atoms with Gasteiger partial charge < -0.3 is 15.0 Å². The molecule has 0 radical (unpaired) electrons. The Morgan fingerprint density at radius 3 is 2.95 bits per heavy atom. The molecule has 0 saturated carbocycles. The van der Waals surface area contributed by atoms with Crippen LogP contribution in [-0.2, 0) is 6.42 Å². The van der Waals surface area contributed by atoms with Crippen molar-refractivity contribution in [2.24, 2.45) is 10.7 Å². The number of nitrogens with two attached hydrogens (primary N) is 1. The first kappa shape index (κ1) is 13.4. The number of aliphatic imine (C=N–C) groups is 1. The Bertz CT molecular complexity index is 657. The molecule has 0 amide bonds. The van der Waals surface area contributed by atoms with Gasteiger partial charge in [-0.2, -0.15) is 0 Å². The van der Waals surface area contributed by atoms with Crippen LogP contribution in [0.15, 0.2) is 27.9 Å². The van der Waals surface area contributed by atoms with Crippen LogP contribution in [0.4, 0.5) is 0 Å². The molecule has 20 heavy (non-hydrogen) atoms. The lowest BCUT2D eigenvalue weighted by molar-refractivity contribution is 0.296. The van der Waals surface area contributed by atoms with Crippen LogP contribution < -0.4 is 5.73 Å². The van der Waals surface area contributed by atoms with E-state index in [4.69, 9.17) is 5.73 Å². The van der Waals surface area contributed by atoms with Crippen LogP contribution in [-0.4, -0.2) is 39.9 Å². The monoisotopic (exact) mass is 335 g/mol. The maximum atomic E-state index is 5.91. The smallest absolute Gasteiger partial charge is 0.191 e. The van der Waals surface area contributed by atoms with Gasteiger partial charge in [-0.15, -0.1) is 0 Å². The van der Waals surface area contributed by atoms with Crippen LogP contribution >= 0.6 is 15.9 Å². The normalized spacial score (nSPS) is 15.7. The number of aryl methyl sites for hydroxylation is 1. The van der Waals surface area contributed by atoms with Crippen molar-refractivity contribution in [3.05, 3.63) is 34.2 Å². The van der Waals surface area contributed by atoms with Gasteiger partial charge in [0.05, 0.1) is 5.69 Å². The van der Waals surface area contributed by atoms with E-state index in [2.05, 4.69) is 54.4 Å². The first-order chi connectivity index (χ1) is 9.63. The van der Waals surface area contributed by atoms with Gasteiger partial charge in [-0.25, -0.2) is 4.98 Å². The van der Waals surface area contributed by atoms with Crippen LogP contribution in [0.25, 0.3) is 5.65 Å². The van der Waals surface area contributed by atoms with Gasteiger partial charge in [0.25, 0.3) is 0 Å². The first-order valence-corrected chi connectivity index (χ1v) is 7.61. The summed E-state index contributed by atoms with van der Waals surface area (Å²) in [5.74, 6) is 0.666. The number of nitrogens with zero attached hydrogens (tertiary/aromatic N) is 4. The topological polar surface area (TPSA) is 58.9 Å². The summed E-state index contributed by atoms with van der Waals surface area (Å²) in [4.78, 5) is 11.2. The highest BCUT2D eigenvalue weighted by Gasteiger charge is 2.15. The number of hydrogen-bond acceptors (Lipinski definition) is 2. The van der Waals surface area contributed by atoms with E-state index < -0.39 is 0 Å². The minimum atomic E-state index is 0.666. The summed E-state index contributed by atoms with van der Waals surface area (Å²) in [6, 6.07) is 2.08. The zero-order chi connectivity index (χ0) is 14.1. The van der Waals surface area contributed by atoms with Crippen molar-refractivity contribution in [3.63, 3.8) is 0 Å². The van der Waals surface area contributed by atoms with Crippen molar-refractivity contribution in [3.8, 4) is 0 Å². The Hall–Kier alpha value is -1.56. The van der Waals surface area contributed by atoms with Crippen LogP contribution in [0.2, 0.25) is 0 Å². The first-order valence-electron chi connectivity index (χ1n) is 6.82. The summed E-state index contributed by atoms with van der Waals surface area (Å²) in [5.41, 5.74) is 9.12. The second kappa shape index (κ2) is 5.44. The van der Waals surface area contributed by atoms with Crippen LogP contribution in [0.5, 0.6) is 0 Å². The predicted molar refractivity (Wildman–Crippen MR) is 84.0 cm³/mol. The third-order valence-corrected chi connectivity index (χ3v) is 4.01. The van der Waals surface area contributed by atoms with Crippen LogP contribution in [0, 0.1) is 6.92 Å². The molecule has 1 aliphatic rings. The van der Waals surface area contributed by atoms with Crippen molar-refractivity contribution in [2.75, 3.05) is 19.6 Å². The van der Waals surface area contributed by atoms with Crippen molar-refractivity contribution in [2.45, 2.75) is 19.8 Å². The molecule has 2 aromatic rings. The van der Waals surface area contributed by atoms with Crippen molar-refractivity contribution in [1.29, 1.82) is 0 Å². The Morgan fingerprint density at radius 1 is 1.45 bits per heavy atom. The highest BCUT2D eigenvalue weighted by atomic mass is 79.9. The number of pyridine rings is 1. The highest BCUT2D eigenvalue weighted by Crippen LogP contribution is 2.17. The molecule has 2 aromatic heterocycles. The van der Waals surface area contributed by atoms with E-state index in [1.165, 1.54) is 6.42 Å². The summed E-state index contributed by atoms with van der Waals surface area (Å²) in [6.07, 6.45) is 6.11. The van der Waals surface area contributed by atoms with Gasteiger partial charge >= 0.3 is 0 Å². The summed E-state index contributed by atoms with van der Waals surface area (Å²) >= 11 is 3.50. The number of fused-ring (bicyclic) bond motifs is 1. The Morgan fingerprint density at radius 2 is 2.25 bits per heavy atom. The molecule has 1 fully saturated rings. The molecule has 0 unspecified atom stereocenters. The van der Waals surface area contributed by atoms with E-state index in [1.807, 2.05) is 6.20 Å². The van der Waals surface area contributed by atoms with Gasteiger partial charge in [-0.1, -0.05) is 0 Å². The number of guanidine groups is 1. The SMILES string of the molecule is Cc1cc(Br)cn2cc(CCN=C(N)N3CCC3)nc12. The van der Waals surface area contributed by atoms with Crippen molar-refractivity contribution >= 4 is 27.5 Å². The number of imidazole rings is 1. The molecule has 1 aliphatic heterocycles. The molecule has 3 heterocycles. The summed E-state index contributed by atoms with van der Waals surface area (Å²) in [6.45, 7) is 4.83. The average molecular weight is 336 g/mol. The fourth-order valence-electron chi connectivity index (χ4n) is 2.33. The van der Waals surface area contributed by atoms with E-state index in [0.29, 0.717) is 12.5 Å². The quantitative estimate of drug-likeness (QED) is 0.689. The maximum Gasteiger partial charge on any atom is 0.191 e. The van der Waals surface area contributed by atoms with E-state index in [-0.39, 0.29) is 0 Å². The molecule has 0 atom stereocenters. The molecule has 5 nitrogen and oxygen atoms in total. The maximum absolute atomic E-state index is 5.91. The minimum Gasteiger partial charge on any atom is -0.370 e. The number of likely N-dealkylation sites (tertiary alicyclic amines) is 1. The van der Waals surface area contributed by atoms with E-state index in [1.54, 1.807) is 0 Å². The molecule has 0 spiro atoms. The molecule has 0 aliphatic carbocycles. The molecule has 2 N–H and O–H groups in total. The molecule has 0 aromatic carbocycles. The van der Waals surface area contributed by atoms with Gasteiger partial charge in [-0.3, -0.25) is 4.99 Å². The van der Waals surface area contributed by atoms with E-state index >= 15 is 0 Å². The average Bonchev–Trinajstić information content (AvgIpc) is 2.69. The van der Waals surface area contributed by atoms with Crippen molar-refractivity contribution in [1.82, 2.24) is 14.3 Å². The number of hydrogen-bond donors (Lipinski definition) is 1. The largest absolute Gasteiger partial charge is 0.370 e. The van der Waals surface area contributed by atoms with Gasteiger partial charge in [-0.05, 0) is 40.9 Å².